The predicted molar refractivity (Wildman–Crippen MR) is 164 cm³/mol. The molecule has 6 nitrogen and oxygen atoms in total. The number of allylic oxidation sites excluding steroid dienone is 1. The standard InChI is InChI=1S/C30H23Br2ClN2O4S/c1-3-23-25(29(37)38-2)26(17-9-5-4-6-10-17)35-28(36)24(40-30(35)34-23)14-19-13-20(31)15-21(32)27(19)39-16-18-11-7-8-12-22(18)33/h4-15,26H,3,16H2,1-2H3/b24-14+/t26-/m0/s1. The largest absolute Gasteiger partial charge is 0.487 e. The van der Waals surface area contributed by atoms with Crippen molar-refractivity contribution in [2.24, 2.45) is 4.99 Å². The summed E-state index contributed by atoms with van der Waals surface area (Å²) in [4.78, 5) is 32.2. The van der Waals surface area contributed by atoms with Crippen LogP contribution in [0, 0.1) is 0 Å². The zero-order valence-electron chi connectivity index (χ0n) is 21.5. The van der Waals surface area contributed by atoms with E-state index in [-0.39, 0.29) is 12.2 Å². The number of fused-ring (bicyclic) bond motifs is 1. The first kappa shape index (κ1) is 28.5. The minimum absolute atomic E-state index is 0.248. The molecule has 204 valence electrons. The molecule has 1 aromatic heterocycles. The van der Waals surface area contributed by atoms with E-state index < -0.39 is 12.0 Å². The number of benzene rings is 3. The fraction of sp³-hybridized carbons (Fsp3) is 0.167. The van der Waals surface area contributed by atoms with Crippen LogP contribution in [0.1, 0.15) is 36.1 Å². The smallest absolute Gasteiger partial charge is 0.338 e. The summed E-state index contributed by atoms with van der Waals surface area (Å²) in [7, 11) is 1.34. The van der Waals surface area contributed by atoms with Crippen molar-refractivity contribution < 1.29 is 14.3 Å². The van der Waals surface area contributed by atoms with Gasteiger partial charge in [-0.15, -0.1) is 0 Å². The summed E-state index contributed by atoms with van der Waals surface area (Å²) in [6.07, 6.45) is 2.30. The molecule has 0 N–H and O–H groups in total. The minimum atomic E-state index is -0.660. The molecule has 10 heteroatoms. The minimum Gasteiger partial charge on any atom is -0.487 e. The van der Waals surface area contributed by atoms with Crippen molar-refractivity contribution >= 4 is 66.8 Å². The molecular weight excluding hydrogens is 680 g/mol. The Labute approximate surface area is 256 Å². The number of halogens is 3. The Morgan fingerprint density at radius 2 is 1.85 bits per heavy atom. The Morgan fingerprint density at radius 1 is 1.12 bits per heavy atom. The lowest BCUT2D eigenvalue weighted by atomic mass is 9.95. The molecule has 2 heterocycles. The van der Waals surface area contributed by atoms with Crippen molar-refractivity contribution in [1.29, 1.82) is 0 Å². The van der Waals surface area contributed by atoms with E-state index in [4.69, 9.17) is 26.1 Å². The van der Waals surface area contributed by atoms with Gasteiger partial charge in [-0.3, -0.25) is 9.36 Å². The van der Waals surface area contributed by atoms with Crippen LogP contribution >= 0.6 is 54.8 Å². The second-order valence-corrected chi connectivity index (χ2v) is 12.1. The molecular formula is C30H23Br2ClN2O4S. The van der Waals surface area contributed by atoms with E-state index >= 15 is 0 Å². The van der Waals surface area contributed by atoms with Crippen LogP contribution < -0.4 is 19.6 Å². The van der Waals surface area contributed by atoms with Gasteiger partial charge in [0.05, 0.1) is 33.4 Å². The molecule has 0 spiro atoms. The van der Waals surface area contributed by atoms with Crippen LogP contribution in [0.3, 0.4) is 0 Å². The summed E-state index contributed by atoms with van der Waals surface area (Å²) in [5.74, 6) is 0.0629. The van der Waals surface area contributed by atoms with Crippen molar-refractivity contribution in [3.05, 3.63) is 128 Å². The van der Waals surface area contributed by atoms with E-state index in [2.05, 4.69) is 31.9 Å². The van der Waals surface area contributed by atoms with Gasteiger partial charge in [-0.25, -0.2) is 9.79 Å². The first-order valence-electron chi connectivity index (χ1n) is 12.4. The predicted octanol–water partition coefficient (Wildman–Crippen LogP) is 6.56. The Kier molecular flexibility index (Phi) is 8.75. The molecule has 1 aliphatic rings. The van der Waals surface area contributed by atoms with Gasteiger partial charge in [0, 0.05) is 20.6 Å². The monoisotopic (exact) mass is 700 g/mol. The van der Waals surface area contributed by atoms with E-state index in [0.29, 0.717) is 43.4 Å². The van der Waals surface area contributed by atoms with Crippen LogP contribution in [-0.4, -0.2) is 17.6 Å². The molecule has 0 saturated heterocycles. The molecule has 1 aliphatic heterocycles. The molecule has 40 heavy (non-hydrogen) atoms. The van der Waals surface area contributed by atoms with Crippen LogP contribution in [0.25, 0.3) is 6.08 Å². The van der Waals surface area contributed by atoms with E-state index in [1.54, 1.807) is 10.6 Å². The number of carbonyl (C=O) groups is 1. The first-order valence-corrected chi connectivity index (χ1v) is 15.1. The molecule has 0 amide bonds. The van der Waals surface area contributed by atoms with Crippen LogP contribution in [0.2, 0.25) is 5.02 Å². The number of rotatable bonds is 7. The van der Waals surface area contributed by atoms with Crippen molar-refractivity contribution in [3.8, 4) is 5.75 Å². The average molecular weight is 703 g/mol. The van der Waals surface area contributed by atoms with Gasteiger partial charge in [0.1, 0.15) is 12.4 Å². The van der Waals surface area contributed by atoms with E-state index in [9.17, 15) is 9.59 Å². The van der Waals surface area contributed by atoms with Gasteiger partial charge in [0.25, 0.3) is 5.56 Å². The molecule has 0 radical (unpaired) electrons. The third kappa shape index (κ3) is 5.61. The lowest BCUT2D eigenvalue weighted by molar-refractivity contribution is -0.136. The molecule has 0 saturated carbocycles. The van der Waals surface area contributed by atoms with Crippen molar-refractivity contribution in [2.75, 3.05) is 7.11 Å². The summed E-state index contributed by atoms with van der Waals surface area (Å²) in [5, 5.41) is 0.611. The summed E-state index contributed by atoms with van der Waals surface area (Å²) in [6, 6.07) is 20.0. The van der Waals surface area contributed by atoms with Crippen molar-refractivity contribution in [2.45, 2.75) is 26.0 Å². The van der Waals surface area contributed by atoms with Gasteiger partial charge in [-0.1, -0.05) is 94.3 Å². The van der Waals surface area contributed by atoms with Crippen molar-refractivity contribution in [3.63, 3.8) is 0 Å². The van der Waals surface area contributed by atoms with Gasteiger partial charge < -0.3 is 9.47 Å². The highest BCUT2D eigenvalue weighted by atomic mass is 79.9. The third-order valence-corrected chi connectivity index (χ3v) is 8.82. The molecule has 1 atom stereocenters. The number of methoxy groups -OCH3 is 1. The van der Waals surface area contributed by atoms with Gasteiger partial charge in [0.15, 0.2) is 4.80 Å². The number of hydrogen-bond acceptors (Lipinski definition) is 6. The average Bonchev–Trinajstić information content (AvgIpc) is 3.26. The molecule has 3 aromatic carbocycles. The molecule has 0 unspecified atom stereocenters. The highest BCUT2D eigenvalue weighted by Crippen LogP contribution is 2.35. The van der Waals surface area contributed by atoms with Crippen LogP contribution in [0.4, 0.5) is 0 Å². The highest BCUT2D eigenvalue weighted by Gasteiger charge is 2.33. The lowest BCUT2D eigenvalue weighted by Gasteiger charge is -2.25. The Morgan fingerprint density at radius 3 is 2.55 bits per heavy atom. The number of carbonyl (C=O) groups excluding carboxylic acids is 1. The number of hydrogen-bond donors (Lipinski definition) is 0. The van der Waals surface area contributed by atoms with Gasteiger partial charge in [-0.05, 0) is 52.2 Å². The summed E-state index contributed by atoms with van der Waals surface area (Å²) in [6.45, 7) is 2.18. The molecule has 0 bridgehead atoms. The van der Waals surface area contributed by atoms with Gasteiger partial charge >= 0.3 is 5.97 Å². The molecule has 4 aromatic rings. The van der Waals surface area contributed by atoms with Crippen LogP contribution in [0.5, 0.6) is 5.75 Å². The Bertz CT molecular complexity index is 1820. The van der Waals surface area contributed by atoms with E-state index in [1.807, 2.05) is 73.7 Å². The number of ether oxygens (including phenoxy) is 2. The molecule has 0 fully saturated rings. The van der Waals surface area contributed by atoms with Gasteiger partial charge in [-0.2, -0.15) is 0 Å². The number of nitrogens with zero attached hydrogens (tertiary/aromatic N) is 2. The van der Waals surface area contributed by atoms with Crippen molar-refractivity contribution in [1.82, 2.24) is 4.57 Å². The zero-order chi connectivity index (χ0) is 28.4. The SMILES string of the molecule is CCC1=C(C(=O)OC)[C@H](c2ccccc2)n2c(s/c(=C/c3cc(Br)cc(Br)c3OCc3ccccc3Cl)c2=O)=N1. The third-order valence-electron chi connectivity index (χ3n) is 6.42. The Balaban J connectivity index is 1.67. The highest BCUT2D eigenvalue weighted by molar-refractivity contribution is 9.11. The van der Waals surface area contributed by atoms with E-state index in [1.165, 1.54) is 18.4 Å². The fourth-order valence-corrected chi connectivity index (χ4v) is 7.14. The summed E-state index contributed by atoms with van der Waals surface area (Å²) < 4.78 is 14.9. The Hall–Kier alpha value is -2.98. The zero-order valence-corrected chi connectivity index (χ0v) is 26.2. The van der Waals surface area contributed by atoms with Gasteiger partial charge in [0.2, 0.25) is 0 Å². The van der Waals surface area contributed by atoms with E-state index in [0.717, 1.165) is 20.1 Å². The number of thiazole rings is 1. The fourth-order valence-electron chi connectivity index (χ4n) is 4.56. The maximum atomic E-state index is 14.0. The second kappa shape index (κ2) is 12.3. The summed E-state index contributed by atoms with van der Waals surface area (Å²) in [5.41, 5.74) is 3.03. The normalized spacial score (nSPS) is 15.0. The maximum absolute atomic E-state index is 14.0. The number of aromatic nitrogens is 1. The quantitative estimate of drug-likeness (QED) is 0.205. The molecule has 0 aliphatic carbocycles. The topological polar surface area (TPSA) is 69.9 Å². The maximum Gasteiger partial charge on any atom is 0.338 e. The van der Waals surface area contributed by atoms with Crippen LogP contribution in [-0.2, 0) is 16.1 Å². The lowest BCUT2D eigenvalue weighted by Crippen LogP contribution is -2.40. The second-order valence-electron chi connectivity index (χ2n) is 8.88. The number of esters is 1. The summed E-state index contributed by atoms with van der Waals surface area (Å²) >= 11 is 14.8. The van der Waals surface area contributed by atoms with Crippen LogP contribution in [0.15, 0.2) is 96.7 Å². The first-order chi connectivity index (χ1) is 19.3. The molecule has 5 rings (SSSR count).